The van der Waals surface area contributed by atoms with Crippen molar-refractivity contribution in [2.45, 2.75) is 19.2 Å². The van der Waals surface area contributed by atoms with Crippen LogP contribution in [0.4, 0.5) is 0 Å². The first-order valence-electron chi connectivity index (χ1n) is 5.70. The molecule has 96 valence electrons. The Bertz CT molecular complexity index is 455. The molecular formula is C12H16N4O2. The summed E-state index contributed by atoms with van der Waals surface area (Å²) >= 11 is 0. The van der Waals surface area contributed by atoms with Gasteiger partial charge in [0.2, 0.25) is 0 Å². The van der Waals surface area contributed by atoms with Crippen LogP contribution in [0.25, 0.3) is 0 Å². The monoisotopic (exact) mass is 248 g/mol. The summed E-state index contributed by atoms with van der Waals surface area (Å²) < 4.78 is 7.02. The molecule has 0 amide bonds. The van der Waals surface area contributed by atoms with E-state index in [1.165, 1.54) is 6.33 Å². The zero-order valence-corrected chi connectivity index (χ0v) is 9.94. The molecule has 1 unspecified atom stereocenters. The molecule has 1 aromatic heterocycles. The Balaban J connectivity index is 1.79. The maximum Gasteiger partial charge on any atom is 0.137 e. The number of ether oxygens (including phenoxy) is 1. The third-order valence-electron chi connectivity index (χ3n) is 2.47. The van der Waals surface area contributed by atoms with Gasteiger partial charge in [0.25, 0.3) is 0 Å². The SMILES string of the molecule is NCc1ccc(OCC(O)Cn2cncn2)cc1. The number of hydrogen-bond donors (Lipinski definition) is 2. The van der Waals surface area contributed by atoms with Crippen molar-refractivity contribution in [1.82, 2.24) is 14.8 Å². The van der Waals surface area contributed by atoms with Gasteiger partial charge in [-0.1, -0.05) is 12.1 Å². The lowest BCUT2D eigenvalue weighted by Crippen LogP contribution is -2.23. The van der Waals surface area contributed by atoms with E-state index in [9.17, 15) is 5.11 Å². The predicted molar refractivity (Wildman–Crippen MR) is 65.9 cm³/mol. The molecule has 0 fully saturated rings. The van der Waals surface area contributed by atoms with Crippen molar-refractivity contribution in [3.05, 3.63) is 42.5 Å². The molecule has 0 saturated carbocycles. The first-order valence-corrected chi connectivity index (χ1v) is 5.70. The van der Waals surface area contributed by atoms with Gasteiger partial charge in [-0.25, -0.2) is 4.98 Å². The summed E-state index contributed by atoms with van der Waals surface area (Å²) in [5.41, 5.74) is 6.55. The Hall–Kier alpha value is -1.92. The number of nitrogens with two attached hydrogens (primary N) is 1. The molecule has 0 aliphatic heterocycles. The van der Waals surface area contributed by atoms with Crippen LogP contribution in [0.5, 0.6) is 5.75 Å². The van der Waals surface area contributed by atoms with Crippen molar-refractivity contribution in [3.8, 4) is 5.75 Å². The predicted octanol–water partition coefficient (Wildman–Crippen LogP) is 0.177. The zero-order valence-electron chi connectivity index (χ0n) is 9.94. The third kappa shape index (κ3) is 3.54. The largest absolute Gasteiger partial charge is 0.491 e. The summed E-state index contributed by atoms with van der Waals surface area (Å²) in [4.78, 5) is 3.80. The average molecular weight is 248 g/mol. The molecule has 0 spiro atoms. The number of benzene rings is 1. The van der Waals surface area contributed by atoms with Gasteiger partial charge in [-0.3, -0.25) is 4.68 Å². The molecule has 0 saturated heterocycles. The molecule has 0 radical (unpaired) electrons. The second-order valence-corrected chi connectivity index (χ2v) is 3.93. The van der Waals surface area contributed by atoms with E-state index in [0.29, 0.717) is 18.8 Å². The quantitative estimate of drug-likeness (QED) is 0.761. The molecule has 1 aromatic carbocycles. The van der Waals surface area contributed by atoms with E-state index < -0.39 is 6.10 Å². The Kier molecular flexibility index (Phi) is 4.27. The standard InChI is InChI=1S/C12H16N4O2/c13-5-10-1-3-12(4-2-10)18-7-11(17)6-16-9-14-8-15-16/h1-4,8-9,11,17H,5-7,13H2. The van der Waals surface area contributed by atoms with E-state index in [1.54, 1.807) is 11.0 Å². The van der Waals surface area contributed by atoms with Crippen LogP contribution < -0.4 is 10.5 Å². The fraction of sp³-hybridized carbons (Fsp3) is 0.333. The number of rotatable bonds is 6. The molecule has 18 heavy (non-hydrogen) atoms. The average Bonchev–Trinajstić information content (AvgIpc) is 2.90. The molecule has 1 heterocycles. The van der Waals surface area contributed by atoms with E-state index >= 15 is 0 Å². The normalized spacial score (nSPS) is 12.3. The van der Waals surface area contributed by atoms with E-state index in [1.807, 2.05) is 24.3 Å². The Labute approximate surface area is 105 Å². The van der Waals surface area contributed by atoms with E-state index in [0.717, 1.165) is 5.56 Å². The lowest BCUT2D eigenvalue weighted by Gasteiger charge is -2.12. The van der Waals surface area contributed by atoms with Crippen LogP contribution in [-0.4, -0.2) is 32.6 Å². The van der Waals surface area contributed by atoms with Gasteiger partial charge < -0.3 is 15.6 Å². The van der Waals surface area contributed by atoms with E-state index in [-0.39, 0.29) is 6.61 Å². The summed E-state index contributed by atoms with van der Waals surface area (Å²) in [6.45, 7) is 1.08. The number of hydrogen-bond acceptors (Lipinski definition) is 5. The molecule has 6 nitrogen and oxygen atoms in total. The van der Waals surface area contributed by atoms with Crippen LogP contribution in [0.2, 0.25) is 0 Å². The minimum absolute atomic E-state index is 0.210. The Morgan fingerprint density at radius 3 is 2.72 bits per heavy atom. The molecule has 0 aliphatic rings. The lowest BCUT2D eigenvalue weighted by atomic mass is 10.2. The molecular weight excluding hydrogens is 232 g/mol. The van der Waals surface area contributed by atoms with Crippen LogP contribution in [-0.2, 0) is 13.1 Å². The minimum atomic E-state index is -0.624. The van der Waals surface area contributed by atoms with Crippen LogP contribution in [0, 0.1) is 0 Å². The maximum atomic E-state index is 9.75. The smallest absolute Gasteiger partial charge is 0.137 e. The van der Waals surface area contributed by atoms with Crippen LogP contribution in [0.1, 0.15) is 5.56 Å². The van der Waals surface area contributed by atoms with Crippen molar-refractivity contribution < 1.29 is 9.84 Å². The molecule has 6 heteroatoms. The Morgan fingerprint density at radius 2 is 2.11 bits per heavy atom. The fourth-order valence-corrected chi connectivity index (χ4v) is 1.51. The van der Waals surface area contributed by atoms with Gasteiger partial charge in [-0.15, -0.1) is 0 Å². The number of aliphatic hydroxyl groups excluding tert-OH is 1. The Morgan fingerprint density at radius 1 is 1.33 bits per heavy atom. The lowest BCUT2D eigenvalue weighted by molar-refractivity contribution is 0.0892. The van der Waals surface area contributed by atoms with Crippen molar-refractivity contribution >= 4 is 0 Å². The van der Waals surface area contributed by atoms with Gasteiger partial charge in [0.05, 0.1) is 6.54 Å². The number of aromatic nitrogens is 3. The highest BCUT2D eigenvalue weighted by Gasteiger charge is 2.06. The second kappa shape index (κ2) is 6.13. The molecule has 1 atom stereocenters. The topological polar surface area (TPSA) is 86.2 Å². The zero-order chi connectivity index (χ0) is 12.8. The van der Waals surface area contributed by atoms with Gasteiger partial charge in [0, 0.05) is 6.54 Å². The molecule has 2 rings (SSSR count). The van der Waals surface area contributed by atoms with Crippen molar-refractivity contribution in [2.75, 3.05) is 6.61 Å². The van der Waals surface area contributed by atoms with E-state index in [2.05, 4.69) is 10.1 Å². The first-order chi connectivity index (χ1) is 8.78. The highest BCUT2D eigenvalue weighted by atomic mass is 16.5. The van der Waals surface area contributed by atoms with Crippen molar-refractivity contribution in [3.63, 3.8) is 0 Å². The van der Waals surface area contributed by atoms with Crippen LogP contribution in [0.3, 0.4) is 0 Å². The van der Waals surface area contributed by atoms with Gasteiger partial charge in [-0.2, -0.15) is 5.10 Å². The summed E-state index contributed by atoms with van der Waals surface area (Å²) in [5, 5.41) is 13.7. The molecule has 2 aromatic rings. The number of aliphatic hydroxyl groups is 1. The molecule has 0 aliphatic carbocycles. The minimum Gasteiger partial charge on any atom is -0.491 e. The summed E-state index contributed by atoms with van der Waals surface area (Å²) in [6, 6.07) is 7.48. The maximum absolute atomic E-state index is 9.75. The van der Waals surface area contributed by atoms with Crippen LogP contribution in [0.15, 0.2) is 36.9 Å². The second-order valence-electron chi connectivity index (χ2n) is 3.93. The summed E-state index contributed by atoms with van der Waals surface area (Å²) in [7, 11) is 0. The van der Waals surface area contributed by atoms with Gasteiger partial charge in [0.1, 0.15) is 31.1 Å². The summed E-state index contributed by atoms with van der Waals surface area (Å²) in [5.74, 6) is 0.713. The van der Waals surface area contributed by atoms with E-state index in [4.69, 9.17) is 10.5 Å². The van der Waals surface area contributed by atoms with Crippen LogP contribution >= 0.6 is 0 Å². The third-order valence-corrected chi connectivity index (χ3v) is 2.47. The molecule has 0 bridgehead atoms. The van der Waals surface area contributed by atoms with Gasteiger partial charge in [0.15, 0.2) is 0 Å². The fourth-order valence-electron chi connectivity index (χ4n) is 1.51. The summed E-state index contributed by atoms with van der Waals surface area (Å²) in [6.07, 6.45) is 2.36. The van der Waals surface area contributed by atoms with Gasteiger partial charge in [-0.05, 0) is 17.7 Å². The van der Waals surface area contributed by atoms with Crippen molar-refractivity contribution in [2.24, 2.45) is 5.73 Å². The first kappa shape index (κ1) is 12.5. The molecule has 3 N–H and O–H groups in total. The highest BCUT2D eigenvalue weighted by Crippen LogP contribution is 2.12. The number of nitrogens with zero attached hydrogens (tertiary/aromatic N) is 3. The van der Waals surface area contributed by atoms with Gasteiger partial charge >= 0.3 is 0 Å². The van der Waals surface area contributed by atoms with Crippen molar-refractivity contribution in [1.29, 1.82) is 0 Å². The highest BCUT2D eigenvalue weighted by molar-refractivity contribution is 5.27.